The van der Waals surface area contributed by atoms with E-state index in [0.29, 0.717) is 5.57 Å². The smallest absolute Gasteiger partial charge is 0.331 e. The molecular weight excluding hydrogens is 176 g/mol. The van der Waals surface area contributed by atoms with Crippen LogP contribution in [-0.2, 0) is 4.79 Å². The fraction of sp³-hybridized carbons (Fsp3) is 0.0833. The van der Waals surface area contributed by atoms with Crippen LogP contribution in [0, 0.1) is 0 Å². The van der Waals surface area contributed by atoms with Gasteiger partial charge in [0.25, 0.3) is 0 Å². The second-order valence-corrected chi connectivity index (χ2v) is 3.00. The zero-order valence-electron chi connectivity index (χ0n) is 8.03. The lowest BCUT2D eigenvalue weighted by Crippen LogP contribution is -1.95. The van der Waals surface area contributed by atoms with Crippen molar-refractivity contribution >= 4 is 18.1 Å². The van der Waals surface area contributed by atoms with Gasteiger partial charge in [-0.05, 0) is 24.1 Å². The Kier molecular flexibility index (Phi) is 3.24. The second-order valence-electron chi connectivity index (χ2n) is 3.00. The first kappa shape index (κ1) is 10.3. The van der Waals surface area contributed by atoms with Crippen molar-refractivity contribution in [2.75, 3.05) is 0 Å². The first-order valence-corrected chi connectivity index (χ1v) is 4.27. The van der Waals surface area contributed by atoms with Crippen molar-refractivity contribution < 1.29 is 9.90 Å². The van der Waals surface area contributed by atoms with Crippen LogP contribution < -0.4 is 0 Å². The zero-order valence-corrected chi connectivity index (χ0v) is 8.03. The molecule has 0 amide bonds. The molecule has 72 valence electrons. The minimum Gasteiger partial charge on any atom is -0.478 e. The molecule has 2 nitrogen and oxygen atoms in total. The van der Waals surface area contributed by atoms with E-state index in [9.17, 15) is 4.79 Å². The highest BCUT2D eigenvalue weighted by Gasteiger charge is 1.98. The number of benzene rings is 1. The summed E-state index contributed by atoms with van der Waals surface area (Å²) in [4.78, 5) is 10.5. The van der Waals surface area contributed by atoms with E-state index >= 15 is 0 Å². The van der Waals surface area contributed by atoms with Crippen molar-refractivity contribution in [3.05, 3.63) is 47.5 Å². The average Bonchev–Trinajstić information content (AvgIpc) is 2.19. The standard InChI is InChI=1S/C12H12O2/c1-3-10-4-6-11(7-5-10)8-9(2)12(13)14/h3-8H,1H2,2H3,(H,13,14). The van der Waals surface area contributed by atoms with Gasteiger partial charge in [-0.2, -0.15) is 0 Å². The normalized spacial score (nSPS) is 11.1. The highest BCUT2D eigenvalue weighted by Crippen LogP contribution is 2.09. The van der Waals surface area contributed by atoms with Crippen LogP contribution in [0.2, 0.25) is 0 Å². The number of carbonyl (C=O) groups is 1. The second kappa shape index (κ2) is 4.42. The van der Waals surface area contributed by atoms with Gasteiger partial charge in [0.15, 0.2) is 0 Å². The maximum Gasteiger partial charge on any atom is 0.331 e. The van der Waals surface area contributed by atoms with Crippen molar-refractivity contribution in [2.24, 2.45) is 0 Å². The third kappa shape index (κ3) is 2.59. The SMILES string of the molecule is C=Cc1ccc(C=C(C)C(=O)O)cc1. The first-order valence-electron chi connectivity index (χ1n) is 4.27. The molecule has 0 bridgehead atoms. The molecular formula is C12H12O2. The Balaban J connectivity index is 2.93. The predicted molar refractivity (Wildman–Crippen MR) is 57.8 cm³/mol. The largest absolute Gasteiger partial charge is 0.478 e. The maximum absolute atomic E-state index is 10.5. The third-order valence-corrected chi connectivity index (χ3v) is 1.89. The lowest BCUT2D eigenvalue weighted by Gasteiger charge is -1.96. The average molecular weight is 188 g/mol. The Labute approximate surface area is 83.2 Å². The summed E-state index contributed by atoms with van der Waals surface area (Å²) in [7, 11) is 0. The van der Waals surface area contributed by atoms with Gasteiger partial charge in [-0.15, -0.1) is 0 Å². The van der Waals surface area contributed by atoms with Crippen molar-refractivity contribution in [1.29, 1.82) is 0 Å². The van der Waals surface area contributed by atoms with Crippen molar-refractivity contribution in [3.63, 3.8) is 0 Å². The molecule has 1 aromatic rings. The molecule has 0 aliphatic rings. The topological polar surface area (TPSA) is 37.3 Å². The molecule has 1 N–H and O–H groups in total. The fourth-order valence-electron chi connectivity index (χ4n) is 1.04. The highest BCUT2D eigenvalue weighted by molar-refractivity contribution is 5.91. The molecule has 0 fully saturated rings. The van der Waals surface area contributed by atoms with Gasteiger partial charge in [-0.1, -0.05) is 36.9 Å². The van der Waals surface area contributed by atoms with E-state index < -0.39 is 5.97 Å². The Morgan fingerprint density at radius 2 is 1.79 bits per heavy atom. The zero-order chi connectivity index (χ0) is 10.6. The van der Waals surface area contributed by atoms with Crippen LogP contribution in [0.5, 0.6) is 0 Å². The monoisotopic (exact) mass is 188 g/mol. The van der Waals surface area contributed by atoms with Crippen molar-refractivity contribution in [2.45, 2.75) is 6.92 Å². The maximum atomic E-state index is 10.5. The van der Waals surface area contributed by atoms with Crippen LogP contribution in [0.15, 0.2) is 36.4 Å². The van der Waals surface area contributed by atoms with Gasteiger partial charge in [0.2, 0.25) is 0 Å². The first-order chi connectivity index (χ1) is 6.63. The summed E-state index contributed by atoms with van der Waals surface area (Å²) in [5.41, 5.74) is 2.24. The molecule has 0 saturated heterocycles. The number of aliphatic carboxylic acids is 1. The molecule has 0 spiro atoms. The van der Waals surface area contributed by atoms with E-state index in [1.807, 2.05) is 24.3 Å². The molecule has 0 radical (unpaired) electrons. The summed E-state index contributed by atoms with van der Waals surface area (Å²) in [6.45, 7) is 5.21. The van der Waals surface area contributed by atoms with Gasteiger partial charge < -0.3 is 5.11 Å². The number of carboxylic acid groups (broad SMARTS) is 1. The minimum atomic E-state index is -0.891. The van der Waals surface area contributed by atoms with Crippen molar-refractivity contribution in [1.82, 2.24) is 0 Å². The van der Waals surface area contributed by atoms with E-state index in [1.54, 1.807) is 19.1 Å². The molecule has 0 aliphatic carbocycles. The lowest BCUT2D eigenvalue weighted by atomic mass is 10.1. The van der Waals surface area contributed by atoms with Crippen LogP contribution in [-0.4, -0.2) is 11.1 Å². The van der Waals surface area contributed by atoms with Crippen LogP contribution in [0.25, 0.3) is 12.2 Å². The van der Waals surface area contributed by atoms with Crippen LogP contribution in [0.3, 0.4) is 0 Å². The summed E-state index contributed by atoms with van der Waals surface area (Å²) in [5.74, 6) is -0.891. The summed E-state index contributed by atoms with van der Waals surface area (Å²) in [6, 6.07) is 7.52. The fourth-order valence-corrected chi connectivity index (χ4v) is 1.04. The molecule has 0 saturated carbocycles. The van der Waals surface area contributed by atoms with Crippen molar-refractivity contribution in [3.8, 4) is 0 Å². The van der Waals surface area contributed by atoms with Gasteiger partial charge in [0, 0.05) is 5.57 Å². The summed E-state index contributed by atoms with van der Waals surface area (Å²) in [5, 5.41) is 8.66. The van der Waals surface area contributed by atoms with E-state index in [-0.39, 0.29) is 0 Å². The highest BCUT2D eigenvalue weighted by atomic mass is 16.4. The Morgan fingerprint density at radius 3 is 2.21 bits per heavy atom. The molecule has 14 heavy (non-hydrogen) atoms. The van der Waals surface area contributed by atoms with Crippen LogP contribution >= 0.6 is 0 Å². The van der Waals surface area contributed by atoms with E-state index in [2.05, 4.69) is 6.58 Å². The third-order valence-electron chi connectivity index (χ3n) is 1.89. The van der Waals surface area contributed by atoms with Gasteiger partial charge in [0.1, 0.15) is 0 Å². The Bertz CT molecular complexity index is 372. The summed E-state index contributed by atoms with van der Waals surface area (Å²) in [6.07, 6.45) is 3.38. The molecule has 0 atom stereocenters. The van der Waals surface area contributed by atoms with Gasteiger partial charge in [-0.25, -0.2) is 4.79 Å². The molecule has 1 aromatic carbocycles. The number of hydrogen-bond acceptors (Lipinski definition) is 1. The van der Waals surface area contributed by atoms with E-state index in [0.717, 1.165) is 11.1 Å². The predicted octanol–water partition coefficient (Wildman–Crippen LogP) is 2.82. The number of hydrogen-bond donors (Lipinski definition) is 1. The molecule has 0 heterocycles. The molecule has 0 unspecified atom stereocenters. The molecule has 2 heteroatoms. The lowest BCUT2D eigenvalue weighted by molar-refractivity contribution is -0.132. The molecule has 0 aromatic heterocycles. The van der Waals surface area contributed by atoms with Crippen LogP contribution in [0.4, 0.5) is 0 Å². The van der Waals surface area contributed by atoms with E-state index in [1.165, 1.54) is 0 Å². The summed E-state index contributed by atoms with van der Waals surface area (Å²) >= 11 is 0. The van der Waals surface area contributed by atoms with Gasteiger partial charge >= 0.3 is 5.97 Å². The molecule has 0 aliphatic heterocycles. The Hall–Kier alpha value is -1.83. The van der Waals surface area contributed by atoms with E-state index in [4.69, 9.17) is 5.11 Å². The number of carboxylic acids is 1. The van der Waals surface area contributed by atoms with Gasteiger partial charge in [0.05, 0.1) is 0 Å². The summed E-state index contributed by atoms with van der Waals surface area (Å²) < 4.78 is 0. The minimum absolute atomic E-state index is 0.330. The number of rotatable bonds is 3. The Morgan fingerprint density at radius 1 is 1.29 bits per heavy atom. The molecule has 1 rings (SSSR count). The quantitative estimate of drug-likeness (QED) is 0.740. The van der Waals surface area contributed by atoms with Crippen LogP contribution in [0.1, 0.15) is 18.1 Å². The van der Waals surface area contributed by atoms with Gasteiger partial charge in [-0.3, -0.25) is 0 Å².